The van der Waals surface area contributed by atoms with Gasteiger partial charge in [0.2, 0.25) is 0 Å². The second-order valence-corrected chi connectivity index (χ2v) is 10.9. The normalized spacial score (nSPS) is 18.4. The Kier molecular flexibility index (Phi) is 6.86. The van der Waals surface area contributed by atoms with E-state index in [2.05, 4.69) is 82.4 Å². The highest BCUT2D eigenvalue weighted by Gasteiger charge is 2.39. The molecule has 0 saturated carbocycles. The van der Waals surface area contributed by atoms with Gasteiger partial charge in [0.05, 0.1) is 11.1 Å². The summed E-state index contributed by atoms with van der Waals surface area (Å²) in [5, 5.41) is 0.941. The summed E-state index contributed by atoms with van der Waals surface area (Å²) in [6.45, 7) is 6.17. The van der Waals surface area contributed by atoms with E-state index in [1.165, 1.54) is 11.4 Å². The topological polar surface area (TPSA) is 39.7 Å². The fourth-order valence-electron chi connectivity index (χ4n) is 6.37. The highest BCUT2D eigenvalue weighted by Crippen LogP contribution is 2.36. The predicted molar refractivity (Wildman–Crippen MR) is 155 cm³/mol. The number of likely N-dealkylation sites (tertiary alicyclic amines) is 2. The fraction of sp³-hybridized carbons (Fsp3) is 0.333. The molecule has 6 rings (SSSR count). The number of para-hydroxylation sites is 3. The number of hydrogen-bond donors (Lipinski definition) is 0. The van der Waals surface area contributed by atoms with Gasteiger partial charge in [-0.05, 0) is 69.0 Å². The molecule has 0 spiro atoms. The SMILES string of the molecule is CC1(N2CCC(N(c3ccccc3)c3ccccc3)CC2)CCN(C(=O)c2ccnc3ccccc23)CC1. The van der Waals surface area contributed by atoms with Crippen molar-refractivity contribution in [3.05, 3.63) is 103 Å². The summed E-state index contributed by atoms with van der Waals surface area (Å²) in [6.07, 6.45) is 6.03. The van der Waals surface area contributed by atoms with Gasteiger partial charge in [0.15, 0.2) is 0 Å². The lowest BCUT2D eigenvalue weighted by atomic mass is 9.85. The molecule has 3 heterocycles. The van der Waals surface area contributed by atoms with Crippen molar-refractivity contribution < 1.29 is 4.79 Å². The molecule has 0 bridgehead atoms. The van der Waals surface area contributed by atoms with Crippen LogP contribution in [0.4, 0.5) is 11.4 Å². The third-order valence-electron chi connectivity index (χ3n) is 8.67. The maximum Gasteiger partial charge on any atom is 0.254 e. The number of benzene rings is 3. The molecule has 1 amide bonds. The van der Waals surface area contributed by atoms with Crippen LogP contribution in [0.25, 0.3) is 10.9 Å². The minimum Gasteiger partial charge on any atom is -0.338 e. The van der Waals surface area contributed by atoms with Crippen LogP contribution in [0.1, 0.15) is 43.0 Å². The molecular weight excluding hydrogens is 468 g/mol. The number of carbonyl (C=O) groups is 1. The minimum atomic E-state index is 0.130. The number of pyridine rings is 1. The summed E-state index contributed by atoms with van der Waals surface area (Å²) in [7, 11) is 0. The average Bonchev–Trinajstić information content (AvgIpc) is 2.98. The van der Waals surface area contributed by atoms with Crippen LogP contribution < -0.4 is 4.90 Å². The Morgan fingerprint density at radius 1 is 0.789 bits per heavy atom. The Labute approximate surface area is 225 Å². The van der Waals surface area contributed by atoms with E-state index in [9.17, 15) is 4.79 Å². The number of carbonyl (C=O) groups excluding carboxylic acids is 1. The molecule has 0 radical (unpaired) electrons. The Morgan fingerprint density at radius 2 is 1.37 bits per heavy atom. The third kappa shape index (κ3) is 4.79. The van der Waals surface area contributed by atoms with Crippen molar-refractivity contribution >= 4 is 28.2 Å². The number of amides is 1. The molecule has 38 heavy (non-hydrogen) atoms. The maximum atomic E-state index is 13.5. The Balaban J connectivity index is 1.11. The van der Waals surface area contributed by atoms with Gasteiger partial charge in [-0.25, -0.2) is 0 Å². The van der Waals surface area contributed by atoms with Crippen molar-refractivity contribution in [3.8, 4) is 0 Å². The van der Waals surface area contributed by atoms with Gasteiger partial charge in [-0.2, -0.15) is 0 Å². The van der Waals surface area contributed by atoms with Crippen molar-refractivity contribution in [1.29, 1.82) is 0 Å². The van der Waals surface area contributed by atoms with Crippen LogP contribution >= 0.6 is 0 Å². The van der Waals surface area contributed by atoms with Crippen molar-refractivity contribution in [2.24, 2.45) is 0 Å². The molecule has 194 valence electrons. The lowest BCUT2D eigenvalue weighted by Gasteiger charge is -2.50. The molecule has 2 aliphatic heterocycles. The molecule has 5 heteroatoms. The van der Waals surface area contributed by atoms with Crippen molar-refractivity contribution in [3.63, 3.8) is 0 Å². The predicted octanol–water partition coefficient (Wildman–Crippen LogP) is 6.53. The van der Waals surface area contributed by atoms with Gasteiger partial charge in [0.1, 0.15) is 0 Å². The zero-order valence-corrected chi connectivity index (χ0v) is 22.2. The monoisotopic (exact) mass is 504 g/mol. The van der Waals surface area contributed by atoms with E-state index in [-0.39, 0.29) is 11.4 Å². The van der Waals surface area contributed by atoms with E-state index in [0.29, 0.717) is 6.04 Å². The van der Waals surface area contributed by atoms with Gasteiger partial charge in [0, 0.05) is 60.7 Å². The molecule has 4 aromatic rings. The van der Waals surface area contributed by atoms with E-state index in [0.717, 1.165) is 68.3 Å². The van der Waals surface area contributed by atoms with Crippen molar-refractivity contribution in [1.82, 2.24) is 14.8 Å². The van der Waals surface area contributed by atoms with Gasteiger partial charge >= 0.3 is 0 Å². The number of fused-ring (bicyclic) bond motifs is 1. The number of aromatic nitrogens is 1. The molecule has 1 aromatic heterocycles. The van der Waals surface area contributed by atoms with Crippen LogP contribution in [0.2, 0.25) is 0 Å². The second kappa shape index (κ2) is 10.6. The molecule has 5 nitrogen and oxygen atoms in total. The molecule has 2 saturated heterocycles. The van der Waals surface area contributed by atoms with Gasteiger partial charge in [-0.3, -0.25) is 14.7 Å². The number of anilines is 2. The zero-order chi connectivity index (χ0) is 26.0. The van der Waals surface area contributed by atoms with Crippen LogP contribution in [0, 0.1) is 0 Å². The number of piperidine rings is 2. The summed E-state index contributed by atoms with van der Waals surface area (Å²) < 4.78 is 0. The second-order valence-electron chi connectivity index (χ2n) is 10.9. The van der Waals surface area contributed by atoms with Crippen LogP contribution in [0.3, 0.4) is 0 Å². The number of hydrogen-bond acceptors (Lipinski definition) is 4. The quantitative estimate of drug-likeness (QED) is 0.310. The molecule has 0 aliphatic carbocycles. The lowest BCUT2D eigenvalue weighted by Crippen LogP contribution is -2.57. The third-order valence-corrected chi connectivity index (χ3v) is 8.67. The minimum absolute atomic E-state index is 0.130. The van der Waals surface area contributed by atoms with E-state index in [4.69, 9.17) is 0 Å². The van der Waals surface area contributed by atoms with Crippen LogP contribution in [0.5, 0.6) is 0 Å². The van der Waals surface area contributed by atoms with Gasteiger partial charge in [-0.1, -0.05) is 54.6 Å². The first-order valence-electron chi connectivity index (χ1n) is 13.9. The first-order chi connectivity index (χ1) is 18.6. The van der Waals surface area contributed by atoms with E-state index in [1.807, 2.05) is 35.2 Å². The molecule has 3 aromatic carbocycles. The largest absolute Gasteiger partial charge is 0.338 e. The molecule has 0 N–H and O–H groups in total. The van der Waals surface area contributed by atoms with Gasteiger partial charge < -0.3 is 9.80 Å². The molecule has 2 aliphatic rings. The van der Waals surface area contributed by atoms with Crippen molar-refractivity contribution in [2.75, 3.05) is 31.1 Å². The fourth-order valence-corrected chi connectivity index (χ4v) is 6.37. The standard InChI is InChI=1S/C33H36N4O/c1-33(19-24-35(25-20-33)32(38)30-16-21-34-31-15-9-8-14-29(30)31)36-22-17-28(18-23-36)37(26-10-4-2-5-11-26)27-12-6-3-7-13-27/h2-16,21,28H,17-20,22-25H2,1H3. The van der Waals surface area contributed by atoms with Crippen LogP contribution in [0.15, 0.2) is 97.2 Å². The average molecular weight is 505 g/mol. The smallest absolute Gasteiger partial charge is 0.254 e. The highest BCUT2D eigenvalue weighted by molar-refractivity contribution is 6.06. The summed E-state index contributed by atoms with van der Waals surface area (Å²) >= 11 is 0. The summed E-state index contributed by atoms with van der Waals surface area (Å²) in [5.74, 6) is 0.130. The summed E-state index contributed by atoms with van der Waals surface area (Å²) in [5.41, 5.74) is 4.30. The highest BCUT2D eigenvalue weighted by atomic mass is 16.2. The Hall–Kier alpha value is -3.70. The molecular formula is C33H36N4O. The van der Waals surface area contributed by atoms with Crippen LogP contribution in [-0.2, 0) is 0 Å². The Bertz CT molecular complexity index is 1330. The lowest BCUT2D eigenvalue weighted by molar-refractivity contribution is 0.0178. The zero-order valence-electron chi connectivity index (χ0n) is 22.2. The first kappa shape index (κ1) is 24.6. The molecule has 0 atom stereocenters. The summed E-state index contributed by atoms with van der Waals surface area (Å²) in [6, 6.07) is 31.9. The summed E-state index contributed by atoms with van der Waals surface area (Å²) in [4.78, 5) is 25.2. The van der Waals surface area contributed by atoms with Gasteiger partial charge in [-0.15, -0.1) is 0 Å². The Morgan fingerprint density at radius 3 is 2.00 bits per heavy atom. The van der Waals surface area contributed by atoms with E-state index in [1.54, 1.807) is 6.20 Å². The van der Waals surface area contributed by atoms with E-state index >= 15 is 0 Å². The van der Waals surface area contributed by atoms with Crippen LogP contribution in [-0.4, -0.2) is 58.5 Å². The van der Waals surface area contributed by atoms with Gasteiger partial charge in [0.25, 0.3) is 5.91 Å². The maximum absolute atomic E-state index is 13.5. The molecule has 0 unspecified atom stereocenters. The van der Waals surface area contributed by atoms with Crippen molar-refractivity contribution in [2.45, 2.75) is 44.2 Å². The number of rotatable bonds is 5. The first-order valence-corrected chi connectivity index (χ1v) is 13.9. The molecule has 2 fully saturated rings. The van der Waals surface area contributed by atoms with E-state index < -0.39 is 0 Å². The number of nitrogens with zero attached hydrogens (tertiary/aromatic N) is 4.